The van der Waals surface area contributed by atoms with Gasteiger partial charge >= 0.3 is 23.7 Å². The summed E-state index contributed by atoms with van der Waals surface area (Å²) in [7, 11) is 2.23. The summed E-state index contributed by atoms with van der Waals surface area (Å²) in [5, 5.41) is 11.4. The molecular weight excluding hydrogens is 414 g/mol. The molecule has 0 spiro atoms. The van der Waals surface area contributed by atoms with Crippen molar-refractivity contribution in [3.63, 3.8) is 0 Å². The molecule has 170 valence electrons. The minimum Gasteiger partial charge on any atom is -0.467 e. The normalized spacial score (nSPS) is 20.1. The lowest BCUT2D eigenvalue weighted by Gasteiger charge is -2.26. The zero-order valence-corrected chi connectivity index (χ0v) is 17.8. The molecule has 0 N–H and O–H groups in total. The number of ether oxygens (including phenoxy) is 4. The van der Waals surface area contributed by atoms with E-state index < -0.39 is 52.7 Å². The SMILES string of the molecule is CCCCOC(=O)N1CC(Oc2nc(C)ccc2[N+](=O)[O-])(C(=O)OC)C[C@H]1C(=O)OC. The number of methoxy groups -OCH3 is 2. The molecule has 1 amide bonds. The van der Waals surface area contributed by atoms with Crippen molar-refractivity contribution in [1.29, 1.82) is 0 Å². The average Bonchev–Trinajstić information content (AvgIpc) is 3.13. The van der Waals surface area contributed by atoms with E-state index >= 15 is 0 Å². The quantitative estimate of drug-likeness (QED) is 0.193. The fraction of sp³-hybridized carbons (Fsp3) is 0.579. The first kappa shape index (κ1) is 23.8. The molecule has 12 heteroatoms. The molecule has 0 saturated carbocycles. The van der Waals surface area contributed by atoms with Gasteiger partial charge in [0.2, 0.25) is 5.60 Å². The molecule has 0 aromatic carbocycles. The molecule has 2 atom stereocenters. The van der Waals surface area contributed by atoms with E-state index in [1.54, 1.807) is 6.92 Å². The van der Waals surface area contributed by atoms with Crippen molar-refractivity contribution >= 4 is 23.7 Å². The zero-order chi connectivity index (χ0) is 23.2. The van der Waals surface area contributed by atoms with Gasteiger partial charge in [-0.15, -0.1) is 0 Å². The first-order valence-electron chi connectivity index (χ1n) is 9.59. The molecular formula is C19H25N3O9. The van der Waals surface area contributed by atoms with Crippen LogP contribution >= 0.6 is 0 Å². The molecule has 0 aliphatic carbocycles. The van der Waals surface area contributed by atoms with Gasteiger partial charge in [0.1, 0.15) is 6.04 Å². The predicted molar refractivity (Wildman–Crippen MR) is 104 cm³/mol. The van der Waals surface area contributed by atoms with Crippen LogP contribution in [0, 0.1) is 17.0 Å². The Morgan fingerprint density at radius 3 is 2.58 bits per heavy atom. The van der Waals surface area contributed by atoms with Crippen molar-refractivity contribution in [2.24, 2.45) is 0 Å². The highest BCUT2D eigenvalue weighted by Crippen LogP contribution is 2.37. The second-order valence-corrected chi connectivity index (χ2v) is 6.96. The summed E-state index contributed by atoms with van der Waals surface area (Å²) in [5.74, 6) is -2.16. The molecule has 2 rings (SSSR count). The number of esters is 2. The fourth-order valence-corrected chi connectivity index (χ4v) is 3.17. The number of carbonyl (C=O) groups is 3. The van der Waals surface area contributed by atoms with Gasteiger partial charge in [-0.1, -0.05) is 13.3 Å². The van der Waals surface area contributed by atoms with E-state index in [2.05, 4.69) is 4.98 Å². The number of rotatable bonds is 8. The summed E-state index contributed by atoms with van der Waals surface area (Å²) in [6.45, 7) is 3.18. The Hall–Kier alpha value is -3.44. The molecule has 1 aliphatic heterocycles. The number of nitrogens with zero attached hydrogens (tertiary/aromatic N) is 3. The number of aryl methyl sites for hydroxylation is 1. The zero-order valence-electron chi connectivity index (χ0n) is 17.8. The minimum atomic E-state index is -1.93. The third-order valence-corrected chi connectivity index (χ3v) is 4.78. The van der Waals surface area contributed by atoms with Crippen molar-refractivity contribution in [3.8, 4) is 5.88 Å². The highest BCUT2D eigenvalue weighted by molar-refractivity contribution is 5.88. The number of hydrogen-bond donors (Lipinski definition) is 0. The number of carbonyl (C=O) groups excluding carboxylic acids is 3. The van der Waals surface area contributed by atoms with Crippen LogP contribution in [0.3, 0.4) is 0 Å². The highest BCUT2D eigenvalue weighted by Gasteiger charge is 2.58. The van der Waals surface area contributed by atoms with Gasteiger partial charge in [0.25, 0.3) is 5.88 Å². The van der Waals surface area contributed by atoms with E-state index in [0.717, 1.165) is 25.5 Å². The molecule has 1 saturated heterocycles. The number of unbranched alkanes of at least 4 members (excludes halogenated alkanes) is 1. The third kappa shape index (κ3) is 5.19. The van der Waals surface area contributed by atoms with Gasteiger partial charge in [-0.2, -0.15) is 0 Å². The van der Waals surface area contributed by atoms with E-state index in [1.165, 1.54) is 12.1 Å². The van der Waals surface area contributed by atoms with Crippen molar-refractivity contribution in [1.82, 2.24) is 9.88 Å². The highest BCUT2D eigenvalue weighted by atomic mass is 16.6. The summed E-state index contributed by atoms with van der Waals surface area (Å²) < 4.78 is 20.5. The molecule has 1 aromatic rings. The van der Waals surface area contributed by atoms with Crippen LogP contribution in [0.25, 0.3) is 0 Å². The number of hydrogen-bond acceptors (Lipinski definition) is 10. The monoisotopic (exact) mass is 439 g/mol. The number of likely N-dealkylation sites (tertiary alicyclic amines) is 1. The standard InChI is InChI=1S/C19H25N3O9/c1-5-6-9-30-18(25)21-11-19(17(24)29-4,10-14(21)16(23)28-3)31-15-13(22(26)27)8-7-12(2)20-15/h7-8,14H,5-6,9-11H2,1-4H3/t14-,19?/m0/s1. The Balaban J connectivity index is 2.45. The Kier molecular flexibility index (Phi) is 7.72. The molecule has 1 fully saturated rings. The third-order valence-electron chi connectivity index (χ3n) is 4.78. The van der Waals surface area contributed by atoms with Crippen LogP contribution in [-0.4, -0.2) is 71.9 Å². The van der Waals surface area contributed by atoms with E-state index in [4.69, 9.17) is 18.9 Å². The van der Waals surface area contributed by atoms with E-state index in [1.807, 2.05) is 6.92 Å². The van der Waals surface area contributed by atoms with E-state index in [9.17, 15) is 24.5 Å². The summed E-state index contributed by atoms with van der Waals surface area (Å²) in [6, 6.07) is 1.38. The van der Waals surface area contributed by atoms with Crippen LogP contribution in [0.2, 0.25) is 0 Å². The lowest BCUT2D eigenvalue weighted by Crippen LogP contribution is -2.49. The van der Waals surface area contributed by atoms with Gasteiger partial charge in [-0.25, -0.2) is 19.4 Å². The summed E-state index contributed by atoms with van der Waals surface area (Å²) >= 11 is 0. The number of aromatic nitrogens is 1. The Morgan fingerprint density at radius 1 is 1.29 bits per heavy atom. The maximum atomic E-state index is 12.7. The van der Waals surface area contributed by atoms with Crippen molar-refractivity contribution < 1.29 is 38.3 Å². The minimum absolute atomic E-state index is 0.122. The summed E-state index contributed by atoms with van der Waals surface area (Å²) in [4.78, 5) is 53.4. The van der Waals surface area contributed by atoms with Gasteiger partial charge in [-0.05, 0) is 19.4 Å². The van der Waals surface area contributed by atoms with Gasteiger partial charge in [-0.3, -0.25) is 15.0 Å². The average molecular weight is 439 g/mol. The Bertz CT molecular complexity index is 860. The summed E-state index contributed by atoms with van der Waals surface area (Å²) in [6.07, 6.45) is 0.193. The van der Waals surface area contributed by atoms with Gasteiger partial charge in [0.15, 0.2) is 0 Å². The molecule has 1 aromatic heterocycles. The van der Waals surface area contributed by atoms with Gasteiger partial charge in [0, 0.05) is 18.2 Å². The smallest absolute Gasteiger partial charge is 0.410 e. The number of nitro groups is 1. The predicted octanol–water partition coefficient (Wildman–Crippen LogP) is 1.77. The molecule has 2 heterocycles. The molecule has 0 bridgehead atoms. The van der Waals surface area contributed by atoms with Crippen LogP contribution < -0.4 is 4.74 Å². The molecule has 31 heavy (non-hydrogen) atoms. The first-order valence-corrected chi connectivity index (χ1v) is 9.59. The molecule has 1 unspecified atom stereocenters. The lowest BCUT2D eigenvalue weighted by atomic mass is 10.00. The van der Waals surface area contributed by atoms with Crippen LogP contribution in [-0.2, 0) is 23.8 Å². The maximum absolute atomic E-state index is 12.7. The maximum Gasteiger partial charge on any atom is 0.410 e. The fourth-order valence-electron chi connectivity index (χ4n) is 3.17. The van der Waals surface area contributed by atoms with Gasteiger partial charge in [0.05, 0.1) is 32.3 Å². The first-order chi connectivity index (χ1) is 14.7. The van der Waals surface area contributed by atoms with Crippen molar-refractivity contribution in [2.75, 3.05) is 27.4 Å². The molecule has 1 aliphatic rings. The number of amides is 1. The van der Waals surface area contributed by atoms with Crippen molar-refractivity contribution in [3.05, 3.63) is 27.9 Å². The van der Waals surface area contributed by atoms with Crippen LogP contribution in [0.4, 0.5) is 10.5 Å². The summed E-state index contributed by atoms with van der Waals surface area (Å²) in [5.41, 5.74) is -2.01. The van der Waals surface area contributed by atoms with Gasteiger partial charge < -0.3 is 18.9 Å². The lowest BCUT2D eigenvalue weighted by molar-refractivity contribution is -0.386. The Morgan fingerprint density at radius 2 is 2.00 bits per heavy atom. The van der Waals surface area contributed by atoms with Crippen LogP contribution in [0.15, 0.2) is 12.1 Å². The topological polar surface area (TPSA) is 147 Å². The second-order valence-electron chi connectivity index (χ2n) is 6.96. The van der Waals surface area contributed by atoms with E-state index in [0.29, 0.717) is 12.1 Å². The van der Waals surface area contributed by atoms with Crippen molar-refractivity contribution in [2.45, 2.75) is 44.8 Å². The second kappa shape index (κ2) is 10.0. The number of pyridine rings is 1. The van der Waals surface area contributed by atoms with Crippen LogP contribution in [0.1, 0.15) is 31.9 Å². The largest absolute Gasteiger partial charge is 0.467 e. The van der Waals surface area contributed by atoms with Crippen LogP contribution in [0.5, 0.6) is 5.88 Å². The van der Waals surface area contributed by atoms with E-state index in [-0.39, 0.29) is 13.0 Å². The Labute approximate surface area is 178 Å². The molecule has 0 radical (unpaired) electrons. The molecule has 12 nitrogen and oxygen atoms in total.